The molecule has 3 aromatic carbocycles. The van der Waals surface area contributed by atoms with Gasteiger partial charge in [0.25, 0.3) is 5.91 Å². The van der Waals surface area contributed by atoms with Gasteiger partial charge < -0.3 is 14.2 Å². The Morgan fingerprint density at radius 3 is 2.57 bits per heavy atom. The Hall–Kier alpha value is -3.06. The number of carbonyl (C=O) groups excluding carboxylic acids is 1. The highest BCUT2D eigenvalue weighted by Gasteiger charge is 2.08. The van der Waals surface area contributed by atoms with Gasteiger partial charge in [-0.25, -0.2) is 5.43 Å². The highest BCUT2D eigenvalue weighted by molar-refractivity contribution is 9.10. The van der Waals surface area contributed by atoms with E-state index < -0.39 is 0 Å². The summed E-state index contributed by atoms with van der Waals surface area (Å²) in [5, 5.41) is 6.05. The van der Waals surface area contributed by atoms with Crippen LogP contribution < -0.4 is 19.6 Å². The van der Waals surface area contributed by atoms with Crippen molar-refractivity contribution in [1.29, 1.82) is 0 Å². The standard InChI is InChI=1S/C21H19BrN2O4/c1-26-17-9-7-14(11-19(17)27-2)12-23-24-20(25)13-28-18-10-8-15-5-3-4-6-16(15)21(18)22/h3-12H,13H2,1-2H3,(H,24,25). The van der Waals surface area contributed by atoms with Crippen molar-refractivity contribution in [3.63, 3.8) is 0 Å². The van der Waals surface area contributed by atoms with Gasteiger partial charge in [-0.1, -0.05) is 30.3 Å². The molecule has 0 spiro atoms. The summed E-state index contributed by atoms with van der Waals surface area (Å²) >= 11 is 3.53. The van der Waals surface area contributed by atoms with E-state index in [1.165, 1.54) is 6.21 Å². The minimum absolute atomic E-state index is 0.153. The Kier molecular flexibility index (Phi) is 6.49. The van der Waals surface area contributed by atoms with Gasteiger partial charge in [-0.3, -0.25) is 4.79 Å². The van der Waals surface area contributed by atoms with E-state index in [0.717, 1.165) is 20.8 Å². The maximum absolute atomic E-state index is 12.0. The minimum atomic E-state index is -0.364. The molecule has 0 aliphatic heterocycles. The minimum Gasteiger partial charge on any atom is -0.493 e. The third kappa shape index (κ3) is 4.61. The number of fused-ring (bicyclic) bond motifs is 1. The van der Waals surface area contributed by atoms with Crippen LogP contribution in [0.3, 0.4) is 0 Å². The van der Waals surface area contributed by atoms with Crippen LogP contribution in [-0.4, -0.2) is 32.9 Å². The fraction of sp³-hybridized carbons (Fsp3) is 0.143. The number of benzene rings is 3. The first-order chi connectivity index (χ1) is 13.6. The van der Waals surface area contributed by atoms with Crippen molar-refractivity contribution in [3.8, 4) is 17.2 Å². The molecule has 1 amide bonds. The lowest BCUT2D eigenvalue weighted by Crippen LogP contribution is -2.24. The summed E-state index contributed by atoms with van der Waals surface area (Å²) in [4.78, 5) is 12.0. The molecule has 0 saturated heterocycles. The van der Waals surface area contributed by atoms with Crippen molar-refractivity contribution < 1.29 is 19.0 Å². The summed E-state index contributed by atoms with van der Waals surface area (Å²) in [6, 6.07) is 17.0. The van der Waals surface area contributed by atoms with Crippen LogP contribution in [-0.2, 0) is 4.79 Å². The quantitative estimate of drug-likeness (QED) is 0.440. The van der Waals surface area contributed by atoms with Crippen molar-refractivity contribution in [2.24, 2.45) is 5.10 Å². The molecular weight excluding hydrogens is 424 g/mol. The summed E-state index contributed by atoms with van der Waals surface area (Å²) in [5.41, 5.74) is 3.20. The van der Waals surface area contributed by atoms with E-state index in [1.54, 1.807) is 32.4 Å². The molecule has 0 heterocycles. The van der Waals surface area contributed by atoms with Crippen LogP contribution in [0.4, 0.5) is 0 Å². The van der Waals surface area contributed by atoms with Crippen molar-refractivity contribution in [3.05, 3.63) is 64.6 Å². The molecule has 1 N–H and O–H groups in total. The number of hydrazone groups is 1. The topological polar surface area (TPSA) is 69.2 Å². The molecule has 7 heteroatoms. The lowest BCUT2D eigenvalue weighted by atomic mass is 10.1. The van der Waals surface area contributed by atoms with E-state index in [1.807, 2.05) is 36.4 Å². The Bertz CT molecular complexity index is 1020. The summed E-state index contributed by atoms with van der Waals surface area (Å²) in [7, 11) is 3.13. The molecule has 0 radical (unpaired) electrons. The number of nitrogens with one attached hydrogen (secondary N) is 1. The van der Waals surface area contributed by atoms with Crippen LogP contribution in [0, 0.1) is 0 Å². The van der Waals surface area contributed by atoms with Gasteiger partial charge >= 0.3 is 0 Å². The summed E-state index contributed by atoms with van der Waals surface area (Å²) < 4.78 is 16.8. The lowest BCUT2D eigenvalue weighted by Gasteiger charge is -2.09. The van der Waals surface area contributed by atoms with E-state index in [-0.39, 0.29) is 12.5 Å². The zero-order chi connectivity index (χ0) is 19.9. The normalized spacial score (nSPS) is 10.8. The van der Waals surface area contributed by atoms with Gasteiger partial charge in [0, 0.05) is 0 Å². The molecule has 28 heavy (non-hydrogen) atoms. The molecule has 3 rings (SSSR count). The number of amides is 1. The number of methoxy groups -OCH3 is 2. The second-order valence-electron chi connectivity index (χ2n) is 5.80. The SMILES string of the molecule is COc1ccc(C=NNC(=O)COc2ccc3ccccc3c2Br)cc1OC. The predicted molar refractivity (Wildman–Crippen MR) is 112 cm³/mol. The first-order valence-electron chi connectivity index (χ1n) is 8.46. The van der Waals surface area contributed by atoms with E-state index >= 15 is 0 Å². The van der Waals surface area contributed by atoms with Crippen LogP contribution in [0.25, 0.3) is 10.8 Å². The molecule has 0 saturated carbocycles. The second-order valence-corrected chi connectivity index (χ2v) is 6.59. The summed E-state index contributed by atoms with van der Waals surface area (Å²) in [5.74, 6) is 1.44. The summed E-state index contributed by atoms with van der Waals surface area (Å²) in [6.07, 6.45) is 1.52. The third-order valence-corrected chi connectivity index (χ3v) is 4.82. The fourth-order valence-electron chi connectivity index (χ4n) is 2.61. The molecule has 0 aliphatic rings. The molecular formula is C21H19BrN2O4. The summed E-state index contributed by atoms with van der Waals surface area (Å²) in [6.45, 7) is -0.153. The maximum Gasteiger partial charge on any atom is 0.277 e. The van der Waals surface area contributed by atoms with Gasteiger partial charge in [0.15, 0.2) is 18.1 Å². The molecule has 144 valence electrons. The maximum atomic E-state index is 12.0. The van der Waals surface area contributed by atoms with Gasteiger partial charge in [-0.15, -0.1) is 0 Å². The number of rotatable bonds is 7. The second kappa shape index (κ2) is 9.23. The van der Waals surface area contributed by atoms with Crippen molar-refractivity contribution in [1.82, 2.24) is 5.43 Å². The molecule has 0 atom stereocenters. The van der Waals surface area contributed by atoms with Gasteiger partial charge in [0.1, 0.15) is 5.75 Å². The molecule has 0 aromatic heterocycles. The van der Waals surface area contributed by atoms with Crippen molar-refractivity contribution in [2.45, 2.75) is 0 Å². The molecule has 0 bridgehead atoms. The van der Waals surface area contributed by atoms with Crippen LogP contribution in [0.1, 0.15) is 5.56 Å². The average molecular weight is 443 g/mol. The number of halogens is 1. The number of hydrogen-bond acceptors (Lipinski definition) is 5. The van der Waals surface area contributed by atoms with E-state index in [4.69, 9.17) is 14.2 Å². The first-order valence-corrected chi connectivity index (χ1v) is 9.25. The van der Waals surface area contributed by atoms with Gasteiger partial charge in [0.05, 0.1) is 24.9 Å². The van der Waals surface area contributed by atoms with Crippen molar-refractivity contribution >= 4 is 38.8 Å². The van der Waals surface area contributed by atoms with E-state index in [9.17, 15) is 4.79 Å². The predicted octanol–water partition coefficient (Wildman–Crippen LogP) is 4.15. The van der Waals surface area contributed by atoms with Gasteiger partial charge in [-0.2, -0.15) is 5.10 Å². The smallest absolute Gasteiger partial charge is 0.277 e. The van der Waals surface area contributed by atoms with Gasteiger partial charge in [-0.05, 0) is 56.5 Å². The van der Waals surface area contributed by atoms with Gasteiger partial charge in [0.2, 0.25) is 0 Å². The number of hydrogen-bond donors (Lipinski definition) is 1. The van der Waals surface area contributed by atoms with E-state index in [0.29, 0.717) is 17.2 Å². The Balaban J connectivity index is 1.58. The Labute approximate surface area is 171 Å². The number of nitrogens with zero attached hydrogens (tertiary/aromatic N) is 1. The Morgan fingerprint density at radius 2 is 1.79 bits per heavy atom. The van der Waals surface area contributed by atoms with Crippen LogP contribution >= 0.6 is 15.9 Å². The zero-order valence-corrected chi connectivity index (χ0v) is 17.0. The van der Waals surface area contributed by atoms with Crippen LogP contribution in [0.5, 0.6) is 17.2 Å². The van der Waals surface area contributed by atoms with Crippen LogP contribution in [0.2, 0.25) is 0 Å². The lowest BCUT2D eigenvalue weighted by molar-refractivity contribution is -0.123. The molecule has 3 aromatic rings. The monoisotopic (exact) mass is 442 g/mol. The highest BCUT2D eigenvalue weighted by atomic mass is 79.9. The van der Waals surface area contributed by atoms with E-state index in [2.05, 4.69) is 26.5 Å². The highest BCUT2D eigenvalue weighted by Crippen LogP contribution is 2.33. The fourth-order valence-corrected chi connectivity index (χ4v) is 3.22. The van der Waals surface area contributed by atoms with Crippen molar-refractivity contribution in [2.75, 3.05) is 20.8 Å². The number of carbonyl (C=O) groups is 1. The molecule has 0 fully saturated rings. The first kappa shape index (κ1) is 19.7. The van der Waals surface area contributed by atoms with Crippen LogP contribution in [0.15, 0.2) is 64.2 Å². The zero-order valence-electron chi connectivity index (χ0n) is 15.4. The Morgan fingerprint density at radius 1 is 1.04 bits per heavy atom. The molecule has 0 aliphatic carbocycles. The molecule has 0 unspecified atom stereocenters. The number of ether oxygens (including phenoxy) is 3. The largest absolute Gasteiger partial charge is 0.493 e. The third-order valence-electron chi connectivity index (χ3n) is 4.00. The molecule has 6 nitrogen and oxygen atoms in total. The average Bonchev–Trinajstić information content (AvgIpc) is 2.73.